The Morgan fingerprint density at radius 1 is 0.621 bits per heavy atom. The van der Waals surface area contributed by atoms with E-state index in [-0.39, 0.29) is 24.1 Å². The molecule has 4 fully saturated rings. The molecule has 0 unspecified atom stereocenters. The minimum atomic E-state index is -3.02. The molecule has 4 saturated heterocycles. The second-order valence-electron chi connectivity index (χ2n) is 8.73. The van der Waals surface area contributed by atoms with Gasteiger partial charge in [0.15, 0.2) is 22.4 Å². The van der Waals surface area contributed by atoms with Crippen LogP contribution in [0.5, 0.6) is 0 Å². The molecule has 4 heterocycles. The van der Waals surface area contributed by atoms with Gasteiger partial charge in [0.05, 0.1) is 37.9 Å². The molecular formula is C20H36N2O6S. The van der Waals surface area contributed by atoms with E-state index in [1.165, 1.54) is 0 Å². The maximum atomic E-state index is 12.5. The summed E-state index contributed by atoms with van der Waals surface area (Å²) in [5.74, 6) is 1.42. The first-order chi connectivity index (χ1) is 14.1. The number of sulfone groups is 1. The Morgan fingerprint density at radius 3 is 1.31 bits per heavy atom. The van der Waals surface area contributed by atoms with Gasteiger partial charge in [0.25, 0.3) is 0 Å². The van der Waals surface area contributed by atoms with Crippen LogP contribution in [0, 0.1) is 11.8 Å². The van der Waals surface area contributed by atoms with E-state index >= 15 is 0 Å². The van der Waals surface area contributed by atoms with Crippen molar-refractivity contribution in [3.05, 3.63) is 0 Å². The predicted molar refractivity (Wildman–Crippen MR) is 108 cm³/mol. The topological polar surface area (TPSA) is 77.5 Å². The van der Waals surface area contributed by atoms with Gasteiger partial charge in [0.2, 0.25) is 0 Å². The lowest BCUT2D eigenvalue weighted by molar-refractivity contribution is -0.0971. The quantitative estimate of drug-likeness (QED) is 0.551. The Balaban J connectivity index is 1.10. The Morgan fingerprint density at radius 2 is 0.966 bits per heavy atom. The van der Waals surface area contributed by atoms with Crippen molar-refractivity contribution in [2.45, 2.75) is 38.3 Å². The molecule has 4 aliphatic heterocycles. The lowest BCUT2D eigenvalue weighted by atomic mass is 9.96. The van der Waals surface area contributed by atoms with Crippen molar-refractivity contribution in [1.82, 2.24) is 9.80 Å². The van der Waals surface area contributed by atoms with Gasteiger partial charge in [-0.2, -0.15) is 0 Å². The number of likely N-dealkylation sites (tertiary alicyclic amines) is 2. The Bertz CT molecular complexity index is 544. The highest BCUT2D eigenvalue weighted by Gasteiger charge is 2.32. The molecule has 0 saturated carbocycles. The van der Waals surface area contributed by atoms with Crippen molar-refractivity contribution in [3.8, 4) is 0 Å². The third kappa shape index (κ3) is 6.35. The van der Waals surface area contributed by atoms with Gasteiger partial charge in [0, 0.05) is 24.9 Å². The fourth-order valence-corrected chi connectivity index (χ4v) is 6.11. The largest absolute Gasteiger partial charge is 0.350 e. The summed E-state index contributed by atoms with van der Waals surface area (Å²) in [6, 6.07) is 0. The van der Waals surface area contributed by atoms with Crippen molar-refractivity contribution in [3.63, 3.8) is 0 Å². The number of hydrogen-bond acceptors (Lipinski definition) is 8. The summed E-state index contributed by atoms with van der Waals surface area (Å²) in [5, 5.41) is 0. The van der Waals surface area contributed by atoms with Crippen molar-refractivity contribution in [1.29, 1.82) is 0 Å². The maximum absolute atomic E-state index is 12.5. The van der Waals surface area contributed by atoms with Gasteiger partial charge in [-0.15, -0.1) is 0 Å². The summed E-state index contributed by atoms with van der Waals surface area (Å²) < 4.78 is 47.5. The van der Waals surface area contributed by atoms with Gasteiger partial charge < -0.3 is 28.7 Å². The normalized spacial score (nSPS) is 27.9. The molecule has 9 heteroatoms. The van der Waals surface area contributed by atoms with Crippen LogP contribution in [0.15, 0.2) is 0 Å². The van der Waals surface area contributed by atoms with Crippen LogP contribution in [0.3, 0.4) is 0 Å². The lowest BCUT2D eigenvalue weighted by Crippen LogP contribution is -2.42. The van der Waals surface area contributed by atoms with Crippen molar-refractivity contribution in [2.24, 2.45) is 11.8 Å². The highest BCUT2D eigenvalue weighted by molar-refractivity contribution is 7.91. The maximum Gasteiger partial charge on any atom is 0.160 e. The molecule has 4 rings (SSSR count). The van der Waals surface area contributed by atoms with Crippen LogP contribution in [0.25, 0.3) is 0 Å². The van der Waals surface area contributed by atoms with E-state index < -0.39 is 9.84 Å². The molecule has 0 amide bonds. The first-order valence-corrected chi connectivity index (χ1v) is 13.0. The third-order valence-corrected chi connectivity index (χ3v) is 8.38. The van der Waals surface area contributed by atoms with E-state index in [0.717, 1.165) is 51.9 Å². The highest BCUT2D eigenvalue weighted by Crippen LogP contribution is 2.26. The summed E-state index contributed by atoms with van der Waals surface area (Å²) in [6.07, 6.45) is 4.00. The Labute approximate surface area is 174 Å². The van der Waals surface area contributed by atoms with Crippen LogP contribution in [-0.2, 0) is 28.8 Å². The number of piperidine rings is 2. The summed E-state index contributed by atoms with van der Waals surface area (Å²) in [6.45, 7) is 7.80. The van der Waals surface area contributed by atoms with Crippen LogP contribution in [-0.4, -0.2) is 108 Å². The monoisotopic (exact) mass is 432 g/mol. The standard InChI is InChI=1S/C20H36N2O6S/c23-29(24,15-9-21-5-1-17(2-6-21)19-25-11-12-26-19)16-10-22-7-3-18(4-8-22)20-27-13-14-28-20/h17-20H,1-16H2. The van der Waals surface area contributed by atoms with Gasteiger partial charge in [0.1, 0.15) is 0 Å². The van der Waals surface area contributed by atoms with Gasteiger partial charge in [-0.25, -0.2) is 8.42 Å². The zero-order chi connectivity index (χ0) is 20.1. The highest BCUT2D eigenvalue weighted by atomic mass is 32.2. The van der Waals surface area contributed by atoms with Crippen LogP contribution in [0.1, 0.15) is 25.7 Å². The lowest BCUT2D eigenvalue weighted by Gasteiger charge is -2.34. The molecule has 0 N–H and O–H groups in total. The SMILES string of the molecule is O=S(=O)(CCN1CCC(C2OCCO2)CC1)CCN1CCC(C2OCCO2)CC1. The summed E-state index contributed by atoms with van der Waals surface area (Å²) in [7, 11) is -3.02. The number of hydrogen-bond donors (Lipinski definition) is 0. The summed E-state index contributed by atoms with van der Waals surface area (Å²) >= 11 is 0. The molecule has 0 spiro atoms. The first-order valence-electron chi connectivity index (χ1n) is 11.2. The van der Waals surface area contributed by atoms with Crippen molar-refractivity contribution >= 4 is 9.84 Å². The van der Waals surface area contributed by atoms with Crippen molar-refractivity contribution in [2.75, 3.05) is 77.2 Å². The molecule has 0 radical (unpaired) electrons. The Hall–Kier alpha value is -0.290. The van der Waals surface area contributed by atoms with E-state index in [1.807, 2.05) is 0 Å². The zero-order valence-electron chi connectivity index (χ0n) is 17.4. The molecule has 29 heavy (non-hydrogen) atoms. The van der Waals surface area contributed by atoms with Crippen molar-refractivity contribution < 1.29 is 27.4 Å². The average molecular weight is 433 g/mol. The van der Waals surface area contributed by atoms with Gasteiger partial charge in [-0.05, 0) is 51.9 Å². The second kappa shape index (κ2) is 10.3. The molecule has 4 aliphatic rings. The second-order valence-corrected chi connectivity index (χ2v) is 11.0. The number of ether oxygens (including phenoxy) is 4. The van der Waals surface area contributed by atoms with Crippen LogP contribution in [0.2, 0.25) is 0 Å². The molecule has 0 aromatic carbocycles. The molecule has 0 atom stereocenters. The van der Waals surface area contributed by atoms with Gasteiger partial charge >= 0.3 is 0 Å². The summed E-state index contributed by atoms with van der Waals surface area (Å²) in [5.41, 5.74) is 0. The number of nitrogens with zero attached hydrogens (tertiary/aromatic N) is 2. The average Bonchev–Trinajstić information content (AvgIpc) is 3.46. The number of rotatable bonds is 8. The fraction of sp³-hybridized carbons (Fsp3) is 1.00. The van der Waals surface area contributed by atoms with E-state index in [2.05, 4.69) is 9.80 Å². The third-order valence-electron chi connectivity index (χ3n) is 6.77. The van der Waals surface area contributed by atoms with Gasteiger partial charge in [-0.1, -0.05) is 0 Å². The molecular weight excluding hydrogens is 396 g/mol. The predicted octanol–water partition coefficient (Wildman–Crippen LogP) is 0.571. The zero-order valence-corrected chi connectivity index (χ0v) is 18.2. The molecule has 0 aliphatic carbocycles. The van der Waals surface area contributed by atoms with Crippen LogP contribution in [0.4, 0.5) is 0 Å². The van der Waals surface area contributed by atoms with E-state index in [1.54, 1.807) is 0 Å². The van der Waals surface area contributed by atoms with E-state index in [9.17, 15) is 8.42 Å². The van der Waals surface area contributed by atoms with E-state index in [4.69, 9.17) is 18.9 Å². The molecule has 168 valence electrons. The molecule has 8 nitrogen and oxygen atoms in total. The first kappa shape index (κ1) is 21.9. The molecule has 0 bridgehead atoms. The minimum Gasteiger partial charge on any atom is -0.350 e. The minimum absolute atomic E-state index is 0.0446. The van der Waals surface area contributed by atoms with Crippen LogP contribution >= 0.6 is 0 Å². The molecule has 0 aromatic rings. The van der Waals surface area contributed by atoms with Gasteiger partial charge in [-0.3, -0.25) is 0 Å². The molecule has 0 aromatic heterocycles. The Kier molecular flexibility index (Phi) is 7.82. The van der Waals surface area contributed by atoms with Crippen LogP contribution < -0.4 is 0 Å². The van der Waals surface area contributed by atoms with E-state index in [0.29, 0.717) is 51.4 Å². The fourth-order valence-electron chi connectivity index (χ4n) is 4.83. The smallest absolute Gasteiger partial charge is 0.160 e. The summed E-state index contributed by atoms with van der Waals surface area (Å²) in [4.78, 5) is 4.55.